The minimum absolute atomic E-state index is 0.294. The molecule has 1 amide bonds. The van der Waals surface area contributed by atoms with E-state index in [-0.39, 0.29) is 5.91 Å². The van der Waals surface area contributed by atoms with Crippen LogP contribution in [0.25, 0.3) is 0 Å². The highest BCUT2D eigenvalue weighted by molar-refractivity contribution is 6.39. The Morgan fingerprint density at radius 1 is 1.30 bits per heavy atom. The summed E-state index contributed by atoms with van der Waals surface area (Å²) in [5, 5.41) is 10.2. The van der Waals surface area contributed by atoms with Gasteiger partial charge in [0.2, 0.25) is 0 Å². The third-order valence-electron chi connectivity index (χ3n) is 3.18. The maximum absolute atomic E-state index is 12.1. The van der Waals surface area contributed by atoms with Crippen LogP contribution in [0, 0.1) is 0 Å². The fourth-order valence-electron chi connectivity index (χ4n) is 1.91. The molecule has 0 radical (unpaired) electrons. The second-order valence-corrected chi connectivity index (χ2v) is 5.60. The smallest absolute Gasteiger partial charge is 0.276 e. The summed E-state index contributed by atoms with van der Waals surface area (Å²) in [5.41, 5.74) is 7.76. The molecule has 0 saturated heterocycles. The van der Waals surface area contributed by atoms with Crippen LogP contribution in [-0.4, -0.2) is 16.1 Å². The largest absolute Gasteiger partial charge is 0.396 e. The van der Waals surface area contributed by atoms with E-state index in [1.54, 1.807) is 18.2 Å². The third-order valence-corrected chi connectivity index (χ3v) is 3.81. The van der Waals surface area contributed by atoms with Gasteiger partial charge in [0.05, 0.1) is 15.7 Å². The van der Waals surface area contributed by atoms with Crippen LogP contribution in [0.2, 0.25) is 10.0 Å². The molecule has 5 nitrogen and oxygen atoms in total. The summed E-state index contributed by atoms with van der Waals surface area (Å²) < 4.78 is 0. The maximum atomic E-state index is 12.1. The quantitative estimate of drug-likeness (QED) is 0.759. The van der Waals surface area contributed by atoms with Crippen molar-refractivity contribution in [1.29, 1.82) is 0 Å². The van der Waals surface area contributed by atoms with Crippen LogP contribution in [0.4, 0.5) is 11.4 Å². The van der Waals surface area contributed by atoms with E-state index in [9.17, 15) is 4.79 Å². The second kappa shape index (κ2) is 5.00. The van der Waals surface area contributed by atoms with Crippen LogP contribution < -0.4 is 11.1 Å². The summed E-state index contributed by atoms with van der Waals surface area (Å²) in [6.45, 7) is 0. The van der Waals surface area contributed by atoms with Crippen LogP contribution in [-0.2, 0) is 0 Å². The van der Waals surface area contributed by atoms with Crippen LogP contribution >= 0.6 is 23.2 Å². The molecule has 0 aliphatic heterocycles. The molecule has 3 rings (SSSR count). The van der Waals surface area contributed by atoms with E-state index in [2.05, 4.69) is 15.5 Å². The Morgan fingerprint density at radius 2 is 1.95 bits per heavy atom. The number of nitrogens with two attached hydrogens (primary N) is 1. The summed E-state index contributed by atoms with van der Waals surface area (Å²) >= 11 is 11.8. The molecule has 1 aliphatic carbocycles. The number of halogens is 2. The van der Waals surface area contributed by atoms with Crippen molar-refractivity contribution < 1.29 is 4.79 Å². The molecule has 1 heterocycles. The molecule has 1 aliphatic rings. The first-order chi connectivity index (χ1) is 9.54. The molecule has 7 heteroatoms. The fraction of sp³-hybridized carbons (Fsp3) is 0.231. The number of anilines is 2. The first-order valence-electron chi connectivity index (χ1n) is 6.16. The molecule has 1 fully saturated rings. The van der Waals surface area contributed by atoms with Gasteiger partial charge in [0.15, 0.2) is 5.69 Å². The molecule has 4 N–H and O–H groups in total. The van der Waals surface area contributed by atoms with Crippen LogP contribution in [0.1, 0.15) is 34.9 Å². The van der Waals surface area contributed by atoms with Crippen LogP contribution in [0.3, 0.4) is 0 Å². The molecule has 0 bridgehead atoms. The maximum Gasteiger partial charge on any atom is 0.276 e. The van der Waals surface area contributed by atoms with Crippen molar-refractivity contribution >= 4 is 40.5 Å². The Hall–Kier alpha value is -1.72. The van der Waals surface area contributed by atoms with Gasteiger partial charge >= 0.3 is 0 Å². The monoisotopic (exact) mass is 310 g/mol. The Labute approximate surface area is 125 Å². The van der Waals surface area contributed by atoms with Crippen molar-refractivity contribution in [1.82, 2.24) is 10.2 Å². The topological polar surface area (TPSA) is 83.8 Å². The summed E-state index contributed by atoms with van der Waals surface area (Å²) in [4.78, 5) is 12.1. The summed E-state index contributed by atoms with van der Waals surface area (Å²) in [5.74, 6) is 0.203. The van der Waals surface area contributed by atoms with Crippen molar-refractivity contribution in [3.05, 3.63) is 39.6 Å². The SMILES string of the molecule is Nc1c(Cl)cc(NC(=O)c2cc(C3CC3)[nH]n2)cc1Cl. The molecular weight excluding hydrogens is 299 g/mol. The number of nitrogens with one attached hydrogen (secondary N) is 2. The molecule has 2 aromatic rings. The van der Waals surface area contributed by atoms with Gasteiger partial charge in [-0.15, -0.1) is 0 Å². The standard InChI is InChI=1S/C13H12Cl2N4O/c14-8-3-7(4-9(15)12(8)16)17-13(20)11-5-10(18-19-11)6-1-2-6/h3-6H,1-2,16H2,(H,17,20)(H,18,19). The minimum atomic E-state index is -0.315. The minimum Gasteiger partial charge on any atom is -0.396 e. The van der Waals surface area contributed by atoms with E-state index in [4.69, 9.17) is 28.9 Å². The lowest BCUT2D eigenvalue weighted by molar-refractivity contribution is 0.102. The molecule has 0 atom stereocenters. The molecule has 1 saturated carbocycles. The number of H-pyrrole nitrogens is 1. The Morgan fingerprint density at radius 3 is 2.55 bits per heavy atom. The van der Waals surface area contributed by atoms with Gasteiger partial charge < -0.3 is 11.1 Å². The van der Waals surface area contributed by atoms with Gasteiger partial charge in [0.25, 0.3) is 5.91 Å². The first kappa shape index (κ1) is 13.3. The lowest BCUT2D eigenvalue weighted by Crippen LogP contribution is -2.12. The fourth-order valence-corrected chi connectivity index (χ4v) is 2.40. The van der Waals surface area contributed by atoms with E-state index < -0.39 is 0 Å². The molecule has 0 unspecified atom stereocenters. The number of carbonyl (C=O) groups is 1. The zero-order chi connectivity index (χ0) is 14.3. The van der Waals surface area contributed by atoms with Gasteiger partial charge in [-0.05, 0) is 31.0 Å². The van der Waals surface area contributed by atoms with Crippen molar-refractivity contribution in [2.75, 3.05) is 11.1 Å². The van der Waals surface area contributed by atoms with Crippen LogP contribution in [0.5, 0.6) is 0 Å². The van der Waals surface area contributed by atoms with E-state index in [1.165, 1.54) is 0 Å². The Kier molecular flexibility index (Phi) is 3.31. The number of amides is 1. The predicted molar refractivity (Wildman–Crippen MR) is 79.4 cm³/mol. The van der Waals surface area contributed by atoms with E-state index in [1.807, 2.05) is 0 Å². The second-order valence-electron chi connectivity index (χ2n) is 4.79. The zero-order valence-corrected chi connectivity index (χ0v) is 11.9. The number of rotatable bonds is 3. The molecular formula is C13H12Cl2N4O. The lowest BCUT2D eigenvalue weighted by Gasteiger charge is -2.07. The van der Waals surface area contributed by atoms with E-state index >= 15 is 0 Å². The molecule has 1 aromatic carbocycles. The molecule has 20 heavy (non-hydrogen) atoms. The number of nitrogens with zero attached hydrogens (tertiary/aromatic N) is 1. The van der Waals surface area contributed by atoms with Gasteiger partial charge in [-0.3, -0.25) is 9.89 Å². The van der Waals surface area contributed by atoms with Crippen molar-refractivity contribution in [3.63, 3.8) is 0 Å². The zero-order valence-electron chi connectivity index (χ0n) is 10.4. The van der Waals surface area contributed by atoms with E-state index in [0.717, 1.165) is 18.5 Å². The number of nitrogen functional groups attached to an aromatic ring is 1. The van der Waals surface area contributed by atoms with Crippen LogP contribution in [0.15, 0.2) is 18.2 Å². The molecule has 0 spiro atoms. The summed E-state index contributed by atoms with van der Waals surface area (Å²) in [6.07, 6.45) is 2.29. The lowest BCUT2D eigenvalue weighted by atomic mass is 10.2. The first-order valence-corrected chi connectivity index (χ1v) is 6.91. The van der Waals surface area contributed by atoms with Crippen molar-refractivity contribution in [2.24, 2.45) is 0 Å². The summed E-state index contributed by atoms with van der Waals surface area (Å²) in [7, 11) is 0. The number of aromatic nitrogens is 2. The highest BCUT2D eigenvalue weighted by Gasteiger charge is 2.26. The van der Waals surface area contributed by atoms with Gasteiger partial charge in [0, 0.05) is 17.3 Å². The number of hydrogen-bond donors (Lipinski definition) is 3. The number of benzene rings is 1. The van der Waals surface area contributed by atoms with Crippen molar-refractivity contribution in [3.8, 4) is 0 Å². The van der Waals surface area contributed by atoms with Gasteiger partial charge in [-0.2, -0.15) is 5.10 Å². The molecule has 104 valence electrons. The number of carbonyl (C=O) groups excluding carboxylic acids is 1. The average Bonchev–Trinajstić information content (AvgIpc) is 3.13. The number of hydrogen-bond acceptors (Lipinski definition) is 3. The molecule has 1 aromatic heterocycles. The third kappa shape index (κ3) is 2.59. The highest BCUT2D eigenvalue weighted by Crippen LogP contribution is 2.39. The highest BCUT2D eigenvalue weighted by atomic mass is 35.5. The Bertz CT molecular complexity index is 656. The average molecular weight is 311 g/mol. The predicted octanol–water partition coefficient (Wildman–Crippen LogP) is 3.43. The van der Waals surface area contributed by atoms with Crippen molar-refractivity contribution in [2.45, 2.75) is 18.8 Å². The van der Waals surface area contributed by atoms with Gasteiger partial charge in [-0.25, -0.2) is 0 Å². The summed E-state index contributed by atoms with van der Waals surface area (Å²) in [6, 6.07) is 4.87. The normalized spacial score (nSPS) is 14.3. The number of aromatic amines is 1. The Balaban J connectivity index is 1.77. The van der Waals surface area contributed by atoms with Gasteiger partial charge in [-0.1, -0.05) is 23.2 Å². The van der Waals surface area contributed by atoms with Gasteiger partial charge in [0.1, 0.15) is 0 Å². The van der Waals surface area contributed by atoms with E-state index in [0.29, 0.717) is 33.0 Å².